The second kappa shape index (κ2) is 5.20. The molecule has 0 amide bonds. The van der Waals surface area contributed by atoms with Crippen molar-refractivity contribution in [1.82, 2.24) is 9.97 Å². The Morgan fingerprint density at radius 2 is 1.39 bits per heavy atom. The fraction of sp³-hybridized carbons (Fsp3) is 0.200. The summed E-state index contributed by atoms with van der Waals surface area (Å²) in [6.07, 6.45) is 4.75. The zero-order valence-corrected chi connectivity index (χ0v) is 13.7. The van der Waals surface area contributed by atoms with E-state index in [1.54, 1.807) is 0 Å². The number of hydrogen-bond acceptors (Lipinski definition) is 3. The van der Waals surface area contributed by atoms with Crippen molar-refractivity contribution in [2.75, 3.05) is 4.90 Å². The van der Waals surface area contributed by atoms with Crippen LogP contribution in [0.5, 0.6) is 0 Å². The molecule has 1 aliphatic rings. The Hall–Kier alpha value is -2.68. The summed E-state index contributed by atoms with van der Waals surface area (Å²) in [5.41, 5.74) is 7.26. The van der Waals surface area contributed by atoms with Gasteiger partial charge in [0.1, 0.15) is 11.6 Å². The number of aryl methyl sites for hydroxylation is 3. The lowest BCUT2D eigenvalue weighted by Gasteiger charge is -2.32. The molecule has 0 radical (unpaired) electrons. The molecule has 3 heteroatoms. The number of para-hydroxylation sites is 1. The summed E-state index contributed by atoms with van der Waals surface area (Å²) < 4.78 is 0. The minimum atomic E-state index is 0.885. The summed E-state index contributed by atoms with van der Waals surface area (Å²) in [6, 6.07) is 12.9. The summed E-state index contributed by atoms with van der Waals surface area (Å²) in [5, 5.41) is 0. The Kier molecular flexibility index (Phi) is 3.15. The largest absolute Gasteiger partial charge is 0.278 e. The SMILES string of the molecule is Cc1cnc2c(c1)Cc1cc(C)cnc1N2c1ccccc1C. The predicted octanol–water partition coefficient (Wildman–Crippen LogP) is 4.78. The van der Waals surface area contributed by atoms with Gasteiger partial charge in [-0.15, -0.1) is 0 Å². The number of anilines is 3. The molecular weight excluding hydrogens is 282 g/mol. The molecule has 4 rings (SSSR count). The van der Waals surface area contributed by atoms with E-state index in [0.717, 1.165) is 23.7 Å². The molecule has 23 heavy (non-hydrogen) atoms. The van der Waals surface area contributed by atoms with E-state index in [1.165, 1.54) is 27.8 Å². The van der Waals surface area contributed by atoms with Crippen molar-refractivity contribution in [1.29, 1.82) is 0 Å². The zero-order chi connectivity index (χ0) is 16.0. The van der Waals surface area contributed by atoms with Crippen molar-refractivity contribution < 1.29 is 0 Å². The number of nitrogens with zero attached hydrogens (tertiary/aromatic N) is 3. The molecular formula is C20H19N3. The van der Waals surface area contributed by atoms with Gasteiger partial charge in [0.15, 0.2) is 0 Å². The fourth-order valence-corrected chi connectivity index (χ4v) is 3.26. The van der Waals surface area contributed by atoms with Crippen LogP contribution in [0, 0.1) is 20.8 Å². The van der Waals surface area contributed by atoms with Crippen LogP contribution in [0.15, 0.2) is 48.8 Å². The molecule has 0 saturated heterocycles. The van der Waals surface area contributed by atoms with Crippen molar-refractivity contribution in [3.8, 4) is 0 Å². The van der Waals surface area contributed by atoms with E-state index in [1.807, 2.05) is 12.4 Å². The van der Waals surface area contributed by atoms with Crippen molar-refractivity contribution >= 4 is 17.3 Å². The topological polar surface area (TPSA) is 29.0 Å². The van der Waals surface area contributed by atoms with Crippen LogP contribution in [0.1, 0.15) is 27.8 Å². The summed E-state index contributed by atoms with van der Waals surface area (Å²) >= 11 is 0. The lowest BCUT2D eigenvalue weighted by atomic mass is 9.98. The number of rotatable bonds is 1. The second-order valence-corrected chi connectivity index (χ2v) is 6.29. The molecule has 0 bridgehead atoms. The molecule has 0 aliphatic carbocycles. The minimum Gasteiger partial charge on any atom is -0.278 e. The molecule has 0 N–H and O–H groups in total. The van der Waals surface area contributed by atoms with Crippen molar-refractivity contribution in [3.05, 3.63) is 76.6 Å². The van der Waals surface area contributed by atoms with Crippen LogP contribution in [-0.2, 0) is 6.42 Å². The second-order valence-electron chi connectivity index (χ2n) is 6.29. The standard InChI is InChI=1S/C20H19N3/c1-13-8-16-10-17-9-14(2)12-22-20(17)23(19(16)21-11-13)18-7-5-4-6-15(18)3/h4-9,11-12H,10H2,1-3H3. The van der Waals surface area contributed by atoms with Gasteiger partial charge < -0.3 is 0 Å². The Balaban J connectivity index is 2.00. The molecule has 0 fully saturated rings. The lowest BCUT2D eigenvalue weighted by Crippen LogP contribution is -2.22. The van der Waals surface area contributed by atoms with E-state index in [4.69, 9.17) is 9.97 Å². The zero-order valence-electron chi connectivity index (χ0n) is 13.7. The molecule has 3 nitrogen and oxygen atoms in total. The summed E-state index contributed by atoms with van der Waals surface area (Å²) in [5.74, 6) is 1.99. The van der Waals surface area contributed by atoms with Gasteiger partial charge in [0.05, 0.1) is 5.69 Å². The third-order valence-electron chi connectivity index (χ3n) is 4.32. The van der Waals surface area contributed by atoms with E-state index >= 15 is 0 Å². The number of hydrogen-bond donors (Lipinski definition) is 0. The first-order valence-corrected chi connectivity index (χ1v) is 7.90. The highest BCUT2D eigenvalue weighted by Gasteiger charge is 2.27. The van der Waals surface area contributed by atoms with Crippen LogP contribution in [-0.4, -0.2) is 9.97 Å². The van der Waals surface area contributed by atoms with Crippen LogP contribution < -0.4 is 4.90 Å². The lowest BCUT2D eigenvalue weighted by molar-refractivity contribution is 0.984. The average Bonchev–Trinajstić information content (AvgIpc) is 2.53. The quantitative estimate of drug-likeness (QED) is 0.507. The third-order valence-corrected chi connectivity index (χ3v) is 4.32. The van der Waals surface area contributed by atoms with E-state index < -0.39 is 0 Å². The third kappa shape index (κ3) is 2.29. The van der Waals surface area contributed by atoms with Gasteiger partial charge in [-0.2, -0.15) is 0 Å². The first-order valence-electron chi connectivity index (χ1n) is 7.90. The van der Waals surface area contributed by atoms with Crippen molar-refractivity contribution in [2.45, 2.75) is 27.2 Å². The number of benzene rings is 1. The van der Waals surface area contributed by atoms with E-state index in [2.05, 4.69) is 62.1 Å². The average molecular weight is 301 g/mol. The monoisotopic (exact) mass is 301 g/mol. The first-order chi connectivity index (χ1) is 11.1. The van der Waals surface area contributed by atoms with Crippen LogP contribution in [0.25, 0.3) is 0 Å². The summed E-state index contributed by atoms with van der Waals surface area (Å²) in [7, 11) is 0. The highest BCUT2D eigenvalue weighted by Crippen LogP contribution is 2.42. The van der Waals surface area contributed by atoms with Gasteiger partial charge in [0.2, 0.25) is 0 Å². The molecule has 1 aromatic carbocycles. The van der Waals surface area contributed by atoms with Gasteiger partial charge in [0, 0.05) is 29.9 Å². The van der Waals surface area contributed by atoms with Gasteiger partial charge in [-0.3, -0.25) is 4.90 Å². The Labute approximate surface area is 136 Å². The molecule has 0 unspecified atom stereocenters. The molecule has 0 atom stereocenters. The highest BCUT2D eigenvalue weighted by molar-refractivity contribution is 5.80. The Bertz CT molecular complexity index is 848. The number of pyridine rings is 2. The Morgan fingerprint density at radius 1 is 0.826 bits per heavy atom. The molecule has 3 aromatic rings. The van der Waals surface area contributed by atoms with Gasteiger partial charge in [-0.25, -0.2) is 9.97 Å². The smallest absolute Gasteiger partial charge is 0.142 e. The molecule has 2 aromatic heterocycles. The molecule has 114 valence electrons. The van der Waals surface area contributed by atoms with Crippen molar-refractivity contribution in [3.63, 3.8) is 0 Å². The van der Waals surface area contributed by atoms with Crippen LogP contribution in [0.2, 0.25) is 0 Å². The van der Waals surface area contributed by atoms with Crippen LogP contribution in [0.3, 0.4) is 0 Å². The number of aromatic nitrogens is 2. The summed E-state index contributed by atoms with van der Waals surface area (Å²) in [4.78, 5) is 11.6. The first kappa shape index (κ1) is 13.9. The molecule has 0 spiro atoms. The van der Waals surface area contributed by atoms with Gasteiger partial charge in [-0.1, -0.05) is 30.3 Å². The number of fused-ring (bicyclic) bond motifs is 2. The predicted molar refractivity (Wildman–Crippen MR) is 93.7 cm³/mol. The maximum atomic E-state index is 4.72. The normalized spacial score (nSPS) is 12.7. The molecule has 3 heterocycles. The summed E-state index contributed by atoms with van der Waals surface area (Å²) in [6.45, 7) is 6.32. The molecule has 0 saturated carbocycles. The maximum absolute atomic E-state index is 4.72. The van der Waals surface area contributed by atoms with E-state index in [-0.39, 0.29) is 0 Å². The van der Waals surface area contributed by atoms with Crippen LogP contribution in [0.4, 0.5) is 17.3 Å². The highest BCUT2D eigenvalue weighted by atomic mass is 15.2. The fourth-order valence-electron chi connectivity index (χ4n) is 3.26. The minimum absolute atomic E-state index is 0.885. The molecule has 1 aliphatic heterocycles. The maximum Gasteiger partial charge on any atom is 0.142 e. The van der Waals surface area contributed by atoms with Gasteiger partial charge in [-0.05, 0) is 43.5 Å². The van der Waals surface area contributed by atoms with Gasteiger partial charge >= 0.3 is 0 Å². The van der Waals surface area contributed by atoms with Crippen LogP contribution >= 0.6 is 0 Å². The van der Waals surface area contributed by atoms with E-state index in [9.17, 15) is 0 Å². The van der Waals surface area contributed by atoms with Crippen molar-refractivity contribution in [2.24, 2.45) is 0 Å². The Morgan fingerprint density at radius 3 is 1.96 bits per heavy atom. The van der Waals surface area contributed by atoms with E-state index in [0.29, 0.717) is 0 Å². The van der Waals surface area contributed by atoms with Gasteiger partial charge in [0.25, 0.3) is 0 Å².